The number of carbonyl (C=O) groups excluding carboxylic acids is 1. The lowest BCUT2D eigenvalue weighted by Crippen LogP contribution is -2.11. The second-order valence-corrected chi connectivity index (χ2v) is 4.91. The van der Waals surface area contributed by atoms with E-state index in [9.17, 15) is 4.79 Å². The van der Waals surface area contributed by atoms with Gasteiger partial charge in [0.2, 0.25) is 5.91 Å². The number of rotatable bonds is 1. The van der Waals surface area contributed by atoms with Crippen molar-refractivity contribution < 1.29 is 4.79 Å². The molecule has 0 saturated heterocycles. The van der Waals surface area contributed by atoms with Gasteiger partial charge in [0.15, 0.2) is 0 Å². The summed E-state index contributed by atoms with van der Waals surface area (Å²) in [4.78, 5) is 21.0. The molecule has 0 aliphatic carbocycles. The van der Waals surface area contributed by atoms with Gasteiger partial charge in [0.25, 0.3) is 0 Å². The quantitative estimate of drug-likeness (QED) is 0.428. The molecule has 0 radical (unpaired) electrons. The molecule has 4 heteroatoms. The minimum atomic E-state index is -0.456. The second kappa shape index (κ2) is 4.24. The number of hydrogen-bond acceptors (Lipinski definition) is 3. The maximum atomic E-state index is 11.7. The van der Waals surface area contributed by atoms with E-state index in [-0.39, 0.29) is 0 Å². The van der Waals surface area contributed by atoms with Gasteiger partial charge in [-0.3, -0.25) is 4.79 Å². The molecule has 0 fully saturated rings. The van der Waals surface area contributed by atoms with Crippen LogP contribution in [0.15, 0.2) is 54.6 Å². The zero-order valence-corrected chi connectivity index (χ0v) is 11.1. The fourth-order valence-electron chi connectivity index (χ4n) is 2.66. The lowest BCUT2D eigenvalue weighted by atomic mass is 10.0. The highest BCUT2D eigenvalue weighted by Crippen LogP contribution is 2.27. The predicted octanol–water partition coefficient (Wildman–Crippen LogP) is 3.04. The van der Waals surface area contributed by atoms with Gasteiger partial charge in [0.05, 0.1) is 22.1 Å². The third-order valence-corrected chi connectivity index (χ3v) is 3.62. The molecule has 21 heavy (non-hydrogen) atoms. The van der Waals surface area contributed by atoms with Crippen LogP contribution in [0.2, 0.25) is 0 Å². The highest BCUT2D eigenvalue weighted by Gasteiger charge is 2.12. The molecule has 0 saturated carbocycles. The third-order valence-electron chi connectivity index (χ3n) is 3.62. The fraction of sp³-hybridized carbons (Fsp3) is 0. The van der Waals surface area contributed by atoms with E-state index in [0.29, 0.717) is 11.1 Å². The lowest BCUT2D eigenvalue weighted by molar-refractivity contribution is 0.100. The lowest BCUT2D eigenvalue weighted by Gasteiger charge is -2.07. The average molecular weight is 273 g/mol. The highest BCUT2D eigenvalue weighted by atomic mass is 16.1. The molecule has 0 bridgehead atoms. The van der Waals surface area contributed by atoms with Crippen LogP contribution in [-0.4, -0.2) is 15.9 Å². The van der Waals surface area contributed by atoms with E-state index in [0.717, 1.165) is 27.3 Å². The second-order valence-electron chi connectivity index (χ2n) is 4.91. The number of nitrogens with zero attached hydrogens (tertiary/aromatic N) is 2. The molecule has 1 heterocycles. The minimum absolute atomic E-state index is 0.456. The van der Waals surface area contributed by atoms with E-state index in [1.54, 1.807) is 6.07 Å². The normalized spacial score (nSPS) is 11.2. The van der Waals surface area contributed by atoms with Crippen molar-refractivity contribution in [2.24, 2.45) is 5.73 Å². The Balaban J connectivity index is 2.26. The smallest absolute Gasteiger partial charge is 0.249 e. The number of nitrogens with two attached hydrogens (primary N) is 1. The van der Waals surface area contributed by atoms with E-state index in [1.165, 1.54) is 0 Å². The summed E-state index contributed by atoms with van der Waals surface area (Å²) >= 11 is 0. The summed E-state index contributed by atoms with van der Waals surface area (Å²) in [5.74, 6) is -0.456. The molecule has 4 rings (SSSR count). The number of hydrogen-bond donors (Lipinski definition) is 1. The molecule has 1 aromatic heterocycles. The van der Waals surface area contributed by atoms with Gasteiger partial charge in [0, 0.05) is 10.9 Å². The van der Waals surface area contributed by atoms with Crippen molar-refractivity contribution in [2.45, 2.75) is 0 Å². The van der Waals surface area contributed by atoms with E-state index in [2.05, 4.69) is 9.97 Å². The van der Waals surface area contributed by atoms with Crippen LogP contribution in [0.1, 0.15) is 10.4 Å². The van der Waals surface area contributed by atoms with Crippen molar-refractivity contribution in [3.8, 4) is 0 Å². The van der Waals surface area contributed by atoms with Crippen molar-refractivity contribution in [1.29, 1.82) is 0 Å². The Hall–Kier alpha value is -3.01. The number of carbonyl (C=O) groups is 1. The number of fused-ring (bicyclic) bond motifs is 4. The standard InChI is InChI=1S/C17H11N3O/c18-17(21)11-5-3-4-10-8-9-14-16(15(10)11)20-13-7-2-1-6-12(13)19-14/h1-9H,(H2,18,21). The summed E-state index contributed by atoms with van der Waals surface area (Å²) in [5, 5.41) is 1.70. The van der Waals surface area contributed by atoms with Gasteiger partial charge in [-0.25, -0.2) is 9.97 Å². The van der Waals surface area contributed by atoms with Gasteiger partial charge in [0.1, 0.15) is 0 Å². The molecule has 1 amide bonds. The molecular weight excluding hydrogens is 262 g/mol. The summed E-state index contributed by atoms with van der Waals surface area (Å²) in [6, 6.07) is 17.0. The van der Waals surface area contributed by atoms with Crippen LogP contribution < -0.4 is 5.73 Å². The Kier molecular flexibility index (Phi) is 2.38. The number of primary amides is 1. The molecule has 100 valence electrons. The Morgan fingerprint density at radius 3 is 2.33 bits per heavy atom. The van der Waals surface area contributed by atoms with Crippen molar-refractivity contribution in [3.63, 3.8) is 0 Å². The van der Waals surface area contributed by atoms with Crippen LogP contribution in [0, 0.1) is 0 Å². The summed E-state index contributed by atoms with van der Waals surface area (Å²) in [6.07, 6.45) is 0. The molecule has 0 spiro atoms. The molecule has 0 aliphatic heterocycles. The van der Waals surface area contributed by atoms with Gasteiger partial charge in [-0.2, -0.15) is 0 Å². The van der Waals surface area contributed by atoms with Gasteiger partial charge in [-0.05, 0) is 29.7 Å². The molecule has 3 aromatic carbocycles. The molecule has 0 atom stereocenters. The molecule has 0 aliphatic rings. The van der Waals surface area contributed by atoms with Crippen molar-refractivity contribution in [2.75, 3.05) is 0 Å². The van der Waals surface area contributed by atoms with Crippen LogP contribution in [0.4, 0.5) is 0 Å². The third kappa shape index (κ3) is 1.73. The number of aromatic nitrogens is 2. The molecule has 4 aromatic rings. The monoisotopic (exact) mass is 273 g/mol. The van der Waals surface area contributed by atoms with E-state index in [4.69, 9.17) is 5.73 Å². The van der Waals surface area contributed by atoms with E-state index >= 15 is 0 Å². The Morgan fingerprint density at radius 1 is 0.810 bits per heavy atom. The zero-order valence-electron chi connectivity index (χ0n) is 11.1. The summed E-state index contributed by atoms with van der Waals surface area (Å²) in [5.41, 5.74) is 9.08. The first kappa shape index (κ1) is 11.8. The SMILES string of the molecule is NC(=O)c1cccc2ccc3nc4ccccc4nc3c12. The number of para-hydroxylation sites is 2. The van der Waals surface area contributed by atoms with Crippen LogP contribution >= 0.6 is 0 Å². The minimum Gasteiger partial charge on any atom is -0.366 e. The summed E-state index contributed by atoms with van der Waals surface area (Å²) in [6.45, 7) is 0. The van der Waals surface area contributed by atoms with Crippen LogP contribution in [0.25, 0.3) is 32.8 Å². The Bertz CT molecular complexity index is 1020. The summed E-state index contributed by atoms with van der Waals surface area (Å²) < 4.78 is 0. The van der Waals surface area contributed by atoms with Gasteiger partial charge in [-0.15, -0.1) is 0 Å². The van der Waals surface area contributed by atoms with E-state index < -0.39 is 5.91 Å². The first-order valence-electron chi connectivity index (χ1n) is 6.62. The van der Waals surface area contributed by atoms with E-state index in [1.807, 2.05) is 48.5 Å². The molecule has 0 unspecified atom stereocenters. The molecular formula is C17H11N3O. The maximum Gasteiger partial charge on any atom is 0.249 e. The van der Waals surface area contributed by atoms with Crippen molar-refractivity contribution in [1.82, 2.24) is 9.97 Å². The van der Waals surface area contributed by atoms with Crippen LogP contribution in [0.5, 0.6) is 0 Å². The van der Waals surface area contributed by atoms with Gasteiger partial charge >= 0.3 is 0 Å². The first-order chi connectivity index (χ1) is 10.2. The van der Waals surface area contributed by atoms with Gasteiger partial charge < -0.3 is 5.73 Å². The zero-order chi connectivity index (χ0) is 14.4. The highest BCUT2D eigenvalue weighted by molar-refractivity contribution is 6.16. The molecule has 4 nitrogen and oxygen atoms in total. The fourth-order valence-corrected chi connectivity index (χ4v) is 2.66. The maximum absolute atomic E-state index is 11.7. The average Bonchev–Trinajstić information content (AvgIpc) is 2.52. The predicted molar refractivity (Wildman–Crippen MR) is 83.1 cm³/mol. The number of benzene rings is 3. The Morgan fingerprint density at radius 2 is 1.57 bits per heavy atom. The largest absolute Gasteiger partial charge is 0.366 e. The molecule has 2 N–H and O–H groups in total. The van der Waals surface area contributed by atoms with Crippen LogP contribution in [-0.2, 0) is 0 Å². The van der Waals surface area contributed by atoms with Gasteiger partial charge in [-0.1, -0.05) is 30.3 Å². The van der Waals surface area contributed by atoms with Crippen LogP contribution in [0.3, 0.4) is 0 Å². The van der Waals surface area contributed by atoms with Crippen molar-refractivity contribution in [3.05, 3.63) is 60.2 Å². The first-order valence-corrected chi connectivity index (χ1v) is 6.62. The Labute approximate surface area is 120 Å². The number of amides is 1. The van der Waals surface area contributed by atoms with Crippen molar-refractivity contribution >= 4 is 38.7 Å². The topological polar surface area (TPSA) is 68.9 Å². The summed E-state index contributed by atoms with van der Waals surface area (Å²) in [7, 11) is 0.